The van der Waals surface area contributed by atoms with E-state index in [1.165, 1.54) is 0 Å². The van der Waals surface area contributed by atoms with Gasteiger partial charge in [0.25, 0.3) is 0 Å². The Labute approximate surface area is 135 Å². The molecule has 0 saturated heterocycles. The first-order chi connectivity index (χ1) is 10.1. The molecule has 0 bridgehead atoms. The maximum atomic E-state index is 9.25. The Morgan fingerprint density at radius 1 is 1.29 bits per heavy atom. The van der Waals surface area contributed by atoms with Gasteiger partial charge in [0.05, 0.1) is 16.5 Å². The Bertz CT molecular complexity index is 862. The summed E-state index contributed by atoms with van der Waals surface area (Å²) in [5.74, 6) is 0.729. The lowest BCUT2D eigenvalue weighted by Gasteiger charge is -2.11. The Hall–Kier alpha value is -1.83. The molecule has 3 rings (SSSR count). The van der Waals surface area contributed by atoms with Crippen LogP contribution in [0, 0.1) is 11.3 Å². The maximum Gasteiger partial charge on any atom is 0.132 e. The van der Waals surface area contributed by atoms with Crippen LogP contribution in [0.15, 0.2) is 46.9 Å². The minimum Gasteiger partial charge on any atom is -0.295 e. The molecular formula is C16H11BrClN3. The SMILES string of the molecule is CC(Cl)c1nc2c(C#N)cccc2n1-c1cccc(Br)c1. The van der Waals surface area contributed by atoms with Crippen molar-refractivity contribution in [3.63, 3.8) is 0 Å². The van der Waals surface area contributed by atoms with Crippen LogP contribution in [-0.2, 0) is 0 Å². The lowest BCUT2D eigenvalue weighted by Crippen LogP contribution is -2.01. The third kappa shape index (κ3) is 2.44. The molecule has 1 atom stereocenters. The molecule has 0 spiro atoms. The Balaban J connectivity index is 2.40. The van der Waals surface area contributed by atoms with Crippen molar-refractivity contribution in [2.75, 3.05) is 0 Å². The molecule has 3 nitrogen and oxygen atoms in total. The number of aromatic nitrogens is 2. The number of nitriles is 1. The van der Waals surface area contributed by atoms with Crippen molar-refractivity contribution in [3.8, 4) is 11.8 Å². The van der Waals surface area contributed by atoms with Crippen LogP contribution in [-0.4, -0.2) is 9.55 Å². The number of alkyl halides is 1. The summed E-state index contributed by atoms with van der Waals surface area (Å²) in [7, 11) is 0. The fourth-order valence-corrected chi connectivity index (χ4v) is 2.89. The normalized spacial score (nSPS) is 12.3. The zero-order valence-corrected chi connectivity index (χ0v) is 13.6. The van der Waals surface area contributed by atoms with Crippen LogP contribution in [0.25, 0.3) is 16.7 Å². The number of benzene rings is 2. The van der Waals surface area contributed by atoms with Gasteiger partial charge in [-0.3, -0.25) is 4.57 Å². The van der Waals surface area contributed by atoms with Crippen LogP contribution in [0.1, 0.15) is 23.7 Å². The standard InChI is InChI=1S/C16H11BrClN3/c1-10(18)16-20-15-11(9-19)4-2-7-14(15)21(16)13-6-3-5-12(17)8-13/h2-8,10H,1H3. The summed E-state index contributed by atoms with van der Waals surface area (Å²) in [6.45, 7) is 1.88. The summed E-state index contributed by atoms with van der Waals surface area (Å²) in [4.78, 5) is 4.58. The summed E-state index contributed by atoms with van der Waals surface area (Å²) >= 11 is 9.77. The highest BCUT2D eigenvalue weighted by atomic mass is 79.9. The van der Waals surface area contributed by atoms with Crippen LogP contribution < -0.4 is 0 Å². The summed E-state index contributed by atoms with van der Waals surface area (Å²) in [6.07, 6.45) is 0. The molecule has 0 saturated carbocycles. The van der Waals surface area contributed by atoms with Crippen molar-refractivity contribution < 1.29 is 0 Å². The van der Waals surface area contributed by atoms with Gasteiger partial charge in [0.2, 0.25) is 0 Å². The molecule has 1 unspecified atom stereocenters. The van der Waals surface area contributed by atoms with E-state index >= 15 is 0 Å². The van der Waals surface area contributed by atoms with E-state index in [9.17, 15) is 5.26 Å². The molecule has 0 fully saturated rings. The first kappa shape index (κ1) is 14.1. The minimum absolute atomic E-state index is 0.261. The van der Waals surface area contributed by atoms with Gasteiger partial charge in [0, 0.05) is 10.2 Å². The average Bonchev–Trinajstić information content (AvgIpc) is 2.86. The number of imidazole rings is 1. The van der Waals surface area contributed by atoms with E-state index in [4.69, 9.17) is 11.6 Å². The largest absolute Gasteiger partial charge is 0.295 e. The molecule has 0 aliphatic carbocycles. The first-order valence-corrected chi connectivity index (χ1v) is 7.66. The molecule has 104 valence electrons. The van der Waals surface area contributed by atoms with E-state index in [-0.39, 0.29) is 5.38 Å². The summed E-state index contributed by atoms with van der Waals surface area (Å²) in [6, 6.07) is 15.7. The quantitative estimate of drug-likeness (QED) is 0.606. The summed E-state index contributed by atoms with van der Waals surface area (Å²) < 4.78 is 2.98. The van der Waals surface area contributed by atoms with Gasteiger partial charge in [-0.2, -0.15) is 5.26 Å². The lowest BCUT2D eigenvalue weighted by molar-refractivity contribution is 0.882. The number of hydrogen-bond donors (Lipinski definition) is 0. The third-order valence-corrected chi connectivity index (χ3v) is 3.94. The number of rotatable bonds is 2. The first-order valence-electron chi connectivity index (χ1n) is 6.43. The molecule has 0 aliphatic heterocycles. The van der Waals surface area contributed by atoms with Gasteiger partial charge >= 0.3 is 0 Å². The van der Waals surface area contributed by atoms with Crippen molar-refractivity contribution in [2.45, 2.75) is 12.3 Å². The van der Waals surface area contributed by atoms with E-state index in [1.807, 2.05) is 47.9 Å². The minimum atomic E-state index is -0.261. The Morgan fingerprint density at radius 3 is 2.71 bits per heavy atom. The van der Waals surface area contributed by atoms with Crippen LogP contribution in [0.4, 0.5) is 0 Å². The Kier molecular flexibility index (Phi) is 3.71. The highest BCUT2D eigenvalue weighted by molar-refractivity contribution is 9.10. The van der Waals surface area contributed by atoms with Crippen molar-refractivity contribution in [2.24, 2.45) is 0 Å². The molecule has 21 heavy (non-hydrogen) atoms. The predicted octanol–water partition coefficient (Wildman–Crippen LogP) is 4.96. The van der Waals surface area contributed by atoms with E-state index in [0.29, 0.717) is 11.1 Å². The van der Waals surface area contributed by atoms with Gasteiger partial charge in [0.1, 0.15) is 17.4 Å². The zero-order valence-electron chi connectivity index (χ0n) is 11.2. The highest BCUT2D eigenvalue weighted by Gasteiger charge is 2.18. The van der Waals surface area contributed by atoms with E-state index in [0.717, 1.165) is 21.5 Å². The predicted molar refractivity (Wildman–Crippen MR) is 87.8 cm³/mol. The number of para-hydroxylation sites is 1. The second kappa shape index (κ2) is 5.51. The molecule has 5 heteroatoms. The van der Waals surface area contributed by atoms with E-state index in [2.05, 4.69) is 27.0 Å². The highest BCUT2D eigenvalue weighted by Crippen LogP contribution is 2.30. The second-order valence-corrected chi connectivity index (χ2v) is 6.26. The van der Waals surface area contributed by atoms with Gasteiger partial charge in [-0.1, -0.05) is 28.1 Å². The van der Waals surface area contributed by atoms with Crippen LogP contribution in [0.3, 0.4) is 0 Å². The van der Waals surface area contributed by atoms with Gasteiger partial charge < -0.3 is 0 Å². The number of nitrogens with zero attached hydrogens (tertiary/aromatic N) is 3. The van der Waals surface area contributed by atoms with E-state index in [1.54, 1.807) is 6.07 Å². The Morgan fingerprint density at radius 2 is 2.05 bits per heavy atom. The fraction of sp³-hybridized carbons (Fsp3) is 0.125. The average molecular weight is 361 g/mol. The summed E-state index contributed by atoms with van der Waals surface area (Å²) in [5, 5.41) is 8.99. The fourth-order valence-electron chi connectivity index (χ4n) is 2.36. The molecular weight excluding hydrogens is 350 g/mol. The monoisotopic (exact) mass is 359 g/mol. The van der Waals surface area contributed by atoms with Crippen LogP contribution in [0.2, 0.25) is 0 Å². The molecule has 0 aliphatic rings. The summed E-state index contributed by atoms with van der Waals surface area (Å²) in [5.41, 5.74) is 3.08. The molecule has 0 radical (unpaired) electrons. The molecule has 3 aromatic rings. The second-order valence-electron chi connectivity index (χ2n) is 4.69. The molecule has 2 aromatic carbocycles. The smallest absolute Gasteiger partial charge is 0.132 e. The van der Waals surface area contributed by atoms with Crippen molar-refractivity contribution in [1.82, 2.24) is 9.55 Å². The van der Waals surface area contributed by atoms with Crippen molar-refractivity contribution >= 4 is 38.6 Å². The van der Waals surface area contributed by atoms with Gasteiger partial charge in [-0.15, -0.1) is 11.6 Å². The van der Waals surface area contributed by atoms with Crippen molar-refractivity contribution in [1.29, 1.82) is 5.26 Å². The maximum absolute atomic E-state index is 9.25. The molecule has 1 heterocycles. The molecule has 0 N–H and O–H groups in total. The van der Waals surface area contributed by atoms with E-state index < -0.39 is 0 Å². The number of halogens is 2. The number of fused-ring (bicyclic) bond motifs is 1. The molecule has 0 amide bonds. The number of hydrogen-bond acceptors (Lipinski definition) is 2. The van der Waals surface area contributed by atoms with Crippen molar-refractivity contribution in [3.05, 3.63) is 58.3 Å². The van der Waals surface area contributed by atoms with Gasteiger partial charge in [-0.25, -0.2) is 4.98 Å². The lowest BCUT2D eigenvalue weighted by atomic mass is 10.2. The van der Waals surface area contributed by atoms with Crippen LogP contribution >= 0.6 is 27.5 Å². The zero-order chi connectivity index (χ0) is 15.0. The topological polar surface area (TPSA) is 41.6 Å². The van der Waals surface area contributed by atoms with Gasteiger partial charge in [0.15, 0.2) is 0 Å². The van der Waals surface area contributed by atoms with Crippen LogP contribution in [0.5, 0.6) is 0 Å². The van der Waals surface area contributed by atoms with Gasteiger partial charge in [-0.05, 0) is 37.3 Å². The third-order valence-electron chi connectivity index (χ3n) is 3.25. The molecule has 1 aromatic heterocycles.